The largest absolute Gasteiger partial charge is 0.390 e. The van der Waals surface area contributed by atoms with Crippen LogP contribution in [0.4, 0.5) is 13.2 Å². The van der Waals surface area contributed by atoms with Crippen molar-refractivity contribution in [3.05, 3.63) is 34.9 Å². The lowest BCUT2D eigenvalue weighted by Crippen LogP contribution is -2.28. The topological polar surface area (TPSA) is 15.3 Å². The summed E-state index contributed by atoms with van der Waals surface area (Å²) in [5, 5.41) is 3.83. The molecule has 0 aliphatic heterocycles. The van der Waals surface area contributed by atoms with Gasteiger partial charge in [0.05, 0.1) is 6.42 Å². The Morgan fingerprint density at radius 3 is 2.55 bits per heavy atom. The molecular weight excluding hydrogens is 289 g/mol. The molecule has 0 aliphatic carbocycles. The van der Waals surface area contributed by atoms with E-state index in [1.165, 1.54) is 0 Å². The van der Waals surface area contributed by atoms with E-state index < -0.39 is 12.6 Å². The minimum atomic E-state index is -4.09. The van der Waals surface area contributed by atoms with E-state index in [4.69, 9.17) is 11.6 Å². The third kappa shape index (κ3) is 6.59. The molecule has 1 N–H and O–H groups in total. The normalized spacial score (nSPS) is 13.8. The van der Waals surface area contributed by atoms with Gasteiger partial charge in [0.25, 0.3) is 0 Å². The SMILES string of the molecule is CNC(CCN(C)CCC(F)(F)F)c1cccc(Cl)c1. The van der Waals surface area contributed by atoms with Crippen LogP contribution in [0.5, 0.6) is 0 Å². The molecule has 0 amide bonds. The maximum atomic E-state index is 12.1. The van der Waals surface area contributed by atoms with E-state index in [0.29, 0.717) is 11.6 Å². The summed E-state index contributed by atoms with van der Waals surface area (Å²) in [4.78, 5) is 1.70. The smallest absolute Gasteiger partial charge is 0.313 e. The molecule has 1 aromatic rings. The van der Waals surface area contributed by atoms with Crippen molar-refractivity contribution in [3.8, 4) is 0 Å². The van der Waals surface area contributed by atoms with E-state index in [-0.39, 0.29) is 12.6 Å². The van der Waals surface area contributed by atoms with Gasteiger partial charge in [0.15, 0.2) is 0 Å². The van der Waals surface area contributed by atoms with E-state index in [1.807, 2.05) is 25.2 Å². The highest BCUT2D eigenvalue weighted by Gasteiger charge is 2.27. The first-order chi connectivity index (χ1) is 9.31. The average Bonchev–Trinajstić information content (AvgIpc) is 2.36. The molecule has 0 saturated heterocycles. The molecular formula is C14H20ClF3N2. The van der Waals surface area contributed by atoms with E-state index in [2.05, 4.69) is 5.32 Å². The molecule has 1 atom stereocenters. The summed E-state index contributed by atoms with van der Waals surface area (Å²) in [5.74, 6) is 0. The van der Waals surface area contributed by atoms with Crippen LogP contribution in [-0.4, -0.2) is 38.3 Å². The van der Waals surface area contributed by atoms with Gasteiger partial charge in [0.2, 0.25) is 0 Å². The van der Waals surface area contributed by atoms with Crippen LogP contribution in [-0.2, 0) is 0 Å². The fourth-order valence-corrected chi connectivity index (χ4v) is 2.18. The second-order valence-corrected chi connectivity index (χ2v) is 5.29. The summed E-state index contributed by atoms with van der Waals surface area (Å²) in [7, 11) is 3.54. The second kappa shape index (κ2) is 7.86. The first-order valence-corrected chi connectivity index (χ1v) is 6.87. The summed E-state index contributed by atoms with van der Waals surface area (Å²) < 4.78 is 36.4. The van der Waals surface area contributed by atoms with Gasteiger partial charge in [-0.15, -0.1) is 0 Å². The molecule has 2 nitrogen and oxygen atoms in total. The van der Waals surface area contributed by atoms with Crippen molar-refractivity contribution in [2.24, 2.45) is 0 Å². The van der Waals surface area contributed by atoms with Gasteiger partial charge in [0.1, 0.15) is 0 Å². The molecule has 20 heavy (non-hydrogen) atoms. The Morgan fingerprint density at radius 2 is 2.00 bits per heavy atom. The highest BCUT2D eigenvalue weighted by atomic mass is 35.5. The fourth-order valence-electron chi connectivity index (χ4n) is 1.98. The molecule has 6 heteroatoms. The molecule has 0 bridgehead atoms. The van der Waals surface area contributed by atoms with Crippen molar-refractivity contribution in [1.29, 1.82) is 0 Å². The van der Waals surface area contributed by atoms with E-state index >= 15 is 0 Å². The number of alkyl halides is 3. The van der Waals surface area contributed by atoms with E-state index in [0.717, 1.165) is 12.0 Å². The lowest BCUT2D eigenvalue weighted by Gasteiger charge is -2.22. The highest BCUT2D eigenvalue weighted by molar-refractivity contribution is 6.30. The lowest BCUT2D eigenvalue weighted by molar-refractivity contribution is -0.137. The van der Waals surface area contributed by atoms with E-state index in [1.54, 1.807) is 18.0 Å². The third-order valence-corrected chi connectivity index (χ3v) is 3.41. The monoisotopic (exact) mass is 308 g/mol. The van der Waals surface area contributed by atoms with Crippen molar-refractivity contribution in [2.75, 3.05) is 27.2 Å². The minimum Gasteiger partial charge on any atom is -0.313 e. The van der Waals surface area contributed by atoms with Crippen LogP contribution in [0.3, 0.4) is 0 Å². The van der Waals surface area contributed by atoms with Gasteiger partial charge in [-0.1, -0.05) is 23.7 Å². The van der Waals surface area contributed by atoms with E-state index in [9.17, 15) is 13.2 Å². The molecule has 0 spiro atoms. The van der Waals surface area contributed by atoms with Crippen molar-refractivity contribution >= 4 is 11.6 Å². The highest BCUT2D eigenvalue weighted by Crippen LogP contribution is 2.22. The van der Waals surface area contributed by atoms with Gasteiger partial charge in [-0.2, -0.15) is 13.2 Å². The summed E-state index contributed by atoms with van der Waals surface area (Å²) in [6.45, 7) is 0.615. The standard InChI is InChI=1S/C14H20ClF3N2/c1-19-13(11-4-3-5-12(15)10-11)6-8-20(2)9-7-14(16,17)18/h3-5,10,13,19H,6-9H2,1-2H3. The Balaban J connectivity index is 2.45. The van der Waals surface area contributed by atoms with Crippen LogP contribution >= 0.6 is 11.6 Å². The molecule has 1 unspecified atom stereocenters. The Hall–Kier alpha value is -0.780. The van der Waals surface area contributed by atoms with Crippen molar-refractivity contribution in [1.82, 2.24) is 10.2 Å². The molecule has 114 valence electrons. The van der Waals surface area contributed by atoms with Gasteiger partial charge in [-0.05, 0) is 44.8 Å². The number of nitrogens with zero attached hydrogens (tertiary/aromatic N) is 1. The maximum absolute atomic E-state index is 12.1. The zero-order chi connectivity index (χ0) is 15.2. The first kappa shape index (κ1) is 17.3. The predicted molar refractivity (Wildman–Crippen MR) is 76.0 cm³/mol. The summed E-state index contributed by atoms with van der Waals surface area (Å²) in [6.07, 6.45) is -4.14. The third-order valence-electron chi connectivity index (χ3n) is 3.18. The van der Waals surface area contributed by atoms with Gasteiger partial charge in [-0.3, -0.25) is 0 Å². The Labute approximate surface area is 122 Å². The second-order valence-electron chi connectivity index (χ2n) is 4.85. The molecule has 0 saturated carbocycles. The average molecular weight is 309 g/mol. The zero-order valence-electron chi connectivity index (χ0n) is 11.7. The van der Waals surface area contributed by atoms with Crippen LogP contribution in [0.15, 0.2) is 24.3 Å². The van der Waals surface area contributed by atoms with Gasteiger partial charge in [-0.25, -0.2) is 0 Å². The molecule has 1 rings (SSSR count). The van der Waals surface area contributed by atoms with Crippen LogP contribution in [0.2, 0.25) is 5.02 Å². The molecule has 1 aromatic carbocycles. The molecule has 0 aromatic heterocycles. The lowest BCUT2D eigenvalue weighted by atomic mass is 10.0. The number of hydrogen-bond donors (Lipinski definition) is 1. The fraction of sp³-hybridized carbons (Fsp3) is 0.571. The van der Waals surface area contributed by atoms with Crippen LogP contribution in [0.1, 0.15) is 24.4 Å². The van der Waals surface area contributed by atoms with Crippen molar-refractivity contribution < 1.29 is 13.2 Å². The maximum Gasteiger partial charge on any atom is 0.390 e. The Morgan fingerprint density at radius 1 is 1.30 bits per heavy atom. The summed E-state index contributed by atoms with van der Waals surface area (Å²) in [5.41, 5.74) is 1.05. The van der Waals surface area contributed by atoms with Gasteiger partial charge >= 0.3 is 6.18 Å². The summed E-state index contributed by atoms with van der Waals surface area (Å²) in [6, 6.07) is 7.59. The predicted octanol–water partition coefficient (Wildman–Crippen LogP) is 3.87. The molecule has 0 heterocycles. The van der Waals surface area contributed by atoms with Crippen LogP contribution < -0.4 is 5.32 Å². The molecule has 0 fully saturated rings. The Bertz CT molecular complexity index is 410. The Kier molecular flexibility index (Phi) is 6.79. The number of rotatable bonds is 7. The molecule has 0 radical (unpaired) electrons. The van der Waals surface area contributed by atoms with Crippen molar-refractivity contribution in [3.63, 3.8) is 0 Å². The molecule has 0 aliphatic rings. The number of halogens is 4. The number of nitrogens with one attached hydrogen (secondary N) is 1. The summed E-state index contributed by atoms with van der Waals surface area (Å²) >= 11 is 5.95. The first-order valence-electron chi connectivity index (χ1n) is 6.50. The van der Waals surface area contributed by atoms with Gasteiger partial charge in [0, 0.05) is 17.6 Å². The van der Waals surface area contributed by atoms with Crippen LogP contribution in [0, 0.1) is 0 Å². The zero-order valence-corrected chi connectivity index (χ0v) is 12.4. The number of hydrogen-bond acceptors (Lipinski definition) is 2. The minimum absolute atomic E-state index is 0.0233. The van der Waals surface area contributed by atoms with Crippen LogP contribution in [0.25, 0.3) is 0 Å². The quantitative estimate of drug-likeness (QED) is 0.822. The van der Waals surface area contributed by atoms with Gasteiger partial charge < -0.3 is 10.2 Å². The number of benzene rings is 1. The van der Waals surface area contributed by atoms with Crippen molar-refractivity contribution in [2.45, 2.75) is 25.1 Å².